The van der Waals surface area contributed by atoms with Gasteiger partial charge in [0.25, 0.3) is 5.69 Å². The molecule has 1 heterocycles. The van der Waals surface area contributed by atoms with Gasteiger partial charge in [0.2, 0.25) is 5.91 Å². The van der Waals surface area contributed by atoms with Crippen molar-refractivity contribution in [3.63, 3.8) is 0 Å². The van der Waals surface area contributed by atoms with Crippen molar-refractivity contribution in [2.45, 2.75) is 19.8 Å². The van der Waals surface area contributed by atoms with Gasteiger partial charge in [-0.25, -0.2) is 0 Å². The topological polar surface area (TPSA) is 102 Å². The third-order valence-corrected chi connectivity index (χ3v) is 3.87. The summed E-state index contributed by atoms with van der Waals surface area (Å²) >= 11 is 0. The molecule has 24 heavy (non-hydrogen) atoms. The van der Waals surface area contributed by atoms with Crippen molar-refractivity contribution in [1.82, 2.24) is 4.90 Å². The molecular weight excluding hydrogens is 314 g/mol. The number of nitrogens with zero attached hydrogens (tertiary/aromatic N) is 2. The second-order valence-corrected chi connectivity index (χ2v) is 5.65. The van der Waals surface area contributed by atoms with Gasteiger partial charge in [0.15, 0.2) is 0 Å². The number of para-hydroxylation sites is 2. The molecule has 0 aromatic heterocycles. The average molecular weight is 335 g/mol. The van der Waals surface area contributed by atoms with E-state index in [0.29, 0.717) is 19.7 Å². The quantitative estimate of drug-likeness (QED) is 0.483. The van der Waals surface area contributed by atoms with Crippen molar-refractivity contribution in [1.29, 1.82) is 0 Å². The predicted molar refractivity (Wildman–Crippen MR) is 87.5 cm³/mol. The Balaban J connectivity index is 1.93. The van der Waals surface area contributed by atoms with E-state index >= 15 is 0 Å². The maximum Gasteiger partial charge on any atom is 0.310 e. The molecule has 1 fully saturated rings. The Kier molecular flexibility index (Phi) is 6.25. The Hall–Kier alpha value is -2.48. The summed E-state index contributed by atoms with van der Waals surface area (Å²) in [7, 11) is 0. The van der Waals surface area contributed by atoms with Crippen LogP contribution in [0.15, 0.2) is 24.3 Å². The minimum Gasteiger partial charge on any atom is -0.466 e. The highest BCUT2D eigenvalue weighted by Gasteiger charge is 2.28. The van der Waals surface area contributed by atoms with Crippen LogP contribution in [0, 0.1) is 16.0 Å². The molecule has 1 aliphatic heterocycles. The number of nitro groups is 1. The fraction of sp³-hybridized carbons (Fsp3) is 0.500. The Bertz CT molecular complexity index is 619. The van der Waals surface area contributed by atoms with Crippen LogP contribution in [0.3, 0.4) is 0 Å². The summed E-state index contributed by atoms with van der Waals surface area (Å²) in [5.74, 6) is -0.798. The van der Waals surface area contributed by atoms with E-state index in [-0.39, 0.29) is 35.7 Å². The number of esters is 1. The lowest BCUT2D eigenvalue weighted by molar-refractivity contribution is -0.383. The molecular formula is C16H21N3O5. The van der Waals surface area contributed by atoms with Crippen LogP contribution in [0.2, 0.25) is 0 Å². The van der Waals surface area contributed by atoms with Crippen molar-refractivity contribution in [3.05, 3.63) is 34.4 Å². The Morgan fingerprint density at radius 3 is 2.88 bits per heavy atom. The lowest BCUT2D eigenvalue weighted by atomic mass is 9.98. The summed E-state index contributed by atoms with van der Waals surface area (Å²) in [6, 6.07) is 6.00. The molecule has 8 nitrogen and oxygen atoms in total. The molecule has 2 rings (SSSR count). The summed E-state index contributed by atoms with van der Waals surface area (Å²) in [6.07, 6.45) is 1.56. The second kappa shape index (κ2) is 8.39. The summed E-state index contributed by atoms with van der Waals surface area (Å²) < 4.78 is 5.03. The highest BCUT2D eigenvalue weighted by Crippen LogP contribution is 2.23. The van der Waals surface area contributed by atoms with E-state index < -0.39 is 4.92 Å². The summed E-state index contributed by atoms with van der Waals surface area (Å²) in [5.41, 5.74) is 0.0281. The minimum absolute atomic E-state index is 0.0853. The highest BCUT2D eigenvalue weighted by molar-refractivity contribution is 5.94. The number of nitrogens with one attached hydrogen (secondary N) is 1. The summed E-state index contributed by atoms with van der Waals surface area (Å²) in [4.78, 5) is 36.3. The number of hydrogen-bond acceptors (Lipinski definition) is 6. The number of ether oxygens (including phenoxy) is 1. The number of piperidine rings is 1. The van der Waals surface area contributed by atoms with Crippen molar-refractivity contribution in [2.24, 2.45) is 5.92 Å². The third kappa shape index (κ3) is 4.76. The molecule has 1 saturated heterocycles. The first-order valence-electron chi connectivity index (χ1n) is 7.93. The smallest absolute Gasteiger partial charge is 0.310 e. The normalized spacial score (nSPS) is 18.0. The summed E-state index contributed by atoms with van der Waals surface area (Å²) in [5, 5.41) is 13.5. The number of carbonyl (C=O) groups excluding carboxylic acids is 2. The molecule has 0 spiro atoms. The van der Waals surface area contributed by atoms with Gasteiger partial charge in [-0.1, -0.05) is 12.1 Å². The van der Waals surface area contributed by atoms with Crippen LogP contribution in [-0.2, 0) is 14.3 Å². The van der Waals surface area contributed by atoms with E-state index in [1.807, 2.05) is 4.90 Å². The van der Waals surface area contributed by atoms with Crippen molar-refractivity contribution >= 4 is 23.3 Å². The fourth-order valence-corrected chi connectivity index (χ4v) is 2.78. The molecule has 0 bridgehead atoms. The largest absolute Gasteiger partial charge is 0.466 e. The molecule has 1 amide bonds. The maximum atomic E-state index is 12.2. The zero-order valence-electron chi connectivity index (χ0n) is 13.6. The fourth-order valence-electron chi connectivity index (χ4n) is 2.78. The molecule has 1 aromatic carbocycles. The zero-order valence-corrected chi connectivity index (χ0v) is 13.6. The molecule has 0 radical (unpaired) electrons. The van der Waals surface area contributed by atoms with Gasteiger partial charge in [0.1, 0.15) is 5.69 Å². The van der Waals surface area contributed by atoms with E-state index in [2.05, 4.69) is 5.32 Å². The Morgan fingerprint density at radius 2 is 2.17 bits per heavy atom. The third-order valence-electron chi connectivity index (χ3n) is 3.87. The van der Waals surface area contributed by atoms with Gasteiger partial charge in [-0.05, 0) is 32.4 Å². The van der Waals surface area contributed by atoms with E-state index in [1.54, 1.807) is 19.1 Å². The number of carbonyl (C=O) groups is 2. The number of amides is 1. The number of anilines is 1. The highest BCUT2D eigenvalue weighted by atomic mass is 16.6. The van der Waals surface area contributed by atoms with E-state index in [9.17, 15) is 19.7 Å². The van der Waals surface area contributed by atoms with Crippen molar-refractivity contribution in [2.75, 3.05) is 31.6 Å². The van der Waals surface area contributed by atoms with Gasteiger partial charge >= 0.3 is 5.97 Å². The lowest BCUT2D eigenvalue weighted by Gasteiger charge is -2.30. The number of nitro benzene ring substituents is 1. The number of hydrogen-bond donors (Lipinski definition) is 1. The van der Waals surface area contributed by atoms with Gasteiger partial charge in [0.05, 0.1) is 24.0 Å². The van der Waals surface area contributed by atoms with Crippen LogP contribution < -0.4 is 5.32 Å². The van der Waals surface area contributed by atoms with Crippen LogP contribution in [0.4, 0.5) is 11.4 Å². The van der Waals surface area contributed by atoms with Gasteiger partial charge in [0, 0.05) is 12.6 Å². The second-order valence-electron chi connectivity index (χ2n) is 5.65. The zero-order chi connectivity index (χ0) is 17.5. The molecule has 0 unspecified atom stereocenters. The Labute approximate surface area is 139 Å². The van der Waals surface area contributed by atoms with E-state index in [0.717, 1.165) is 12.8 Å². The van der Waals surface area contributed by atoms with Crippen LogP contribution >= 0.6 is 0 Å². The molecule has 1 aromatic rings. The average Bonchev–Trinajstić information content (AvgIpc) is 2.55. The predicted octanol–water partition coefficient (Wildman–Crippen LogP) is 1.81. The molecule has 1 aliphatic rings. The van der Waals surface area contributed by atoms with Crippen molar-refractivity contribution < 1.29 is 19.2 Å². The monoisotopic (exact) mass is 335 g/mol. The van der Waals surface area contributed by atoms with Crippen LogP contribution in [0.5, 0.6) is 0 Å². The van der Waals surface area contributed by atoms with Crippen LogP contribution in [0.1, 0.15) is 19.8 Å². The number of likely N-dealkylation sites (tertiary alicyclic amines) is 1. The molecule has 0 aliphatic carbocycles. The van der Waals surface area contributed by atoms with Gasteiger partial charge in [-0.2, -0.15) is 0 Å². The molecule has 0 saturated carbocycles. The first kappa shape index (κ1) is 17.9. The van der Waals surface area contributed by atoms with Crippen LogP contribution in [0.25, 0.3) is 0 Å². The lowest BCUT2D eigenvalue weighted by Crippen LogP contribution is -2.43. The SMILES string of the molecule is CCOC(=O)[C@H]1CCCN(CC(=O)Nc2ccccc2[N+](=O)[O-])C1. The Morgan fingerprint density at radius 1 is 1.42 bits per heavy atom. The van der Waals surface area contributed by atoms with Gasteiger partial charge in [-0.15, -0.1) is 0 Å². The maximum absolute atomic E-state index is 12.2. The molecule has 130 valence electrons. The van der Waals surface area contributed by atoms with Crippen molar-refractivity contribution in [3.8, 4) is 0 Å². The molecule has 1 atom stereocenters. The van der Waals surface area contributed by atoms with E-state index in [4.69, 9.17) is 4.74 Å². The standard InChI is InChI=1S/C16H21N3O5/c1-2-24-16(21)12-6-5-9-18(10-12)11-15(20)17-13-7-3-4-8-14(13)19(22)23/h3-4,7-8,12H,2,5-6,9-11H2,1H3,(H,17,20)/t12-/m0/s1. The first-order chi connectivity index (χ1) is 11.5. The molecule has 8 heteroatoms. The summed E-state index contributed by atoms with van der Waals surface area (Å²) in [6.45, 7) is 3.36. The molecule has 1 N–H and O–H groups in total. The van der Waals surface area contributed by atoms with Crippen LogP contribution in [-0.4, -0.2) is 47.9 Å². The first-order valence-corrected chi connectivity index (χ1v) is 7.93. The minimum atomic E-state index is -0.534. The van der Waals surface area contributed by atoms with Gasteiger partial charge < -0.3 is 10.1 Å². The number of rotatable bonds is 6. The van der Waals surface area contributed by atoms with E-state index in [1.165, 1.54) is 12.1 Å². The van der Waals surface area contributed by atoms with Gasteiger partial charge in [-0.3, -0.25) is 24.6 Å². The number of benzene rings is 1.